The first-order valence-corrected chi connectivity index (χ1v) is 12.1. The van der Waals surface area contributed by atoms with Crippen LogP contribution in [0.3, 0.4) is 0 Å². The third-order valence-corrected chi connectivity index (χ3v) is 6.56. The summed E-state index contributed by atoms with van der Waals surface area (Å²) in [6, 6.07) is 15.0. The number of carbonyl (C=O) groups excluding carboxylic acids is 1. The van der Waals surface area contributed by atoms with E-state index in [0.717, 1.165) is 24.5 Å². The molecule has 0 spiro atoms. The number of ether oxygens (including phenoxy) is 1. The molecule has 1 aliphatic rings. The van der Waals surface area contributed by atoms with Gasteiger partial charge in [-0.25, -0.2) is 4.98 Å². The molecule has 180 valence electrons. The Bertz CT molecular complexity index is 1220. The van der Waals surface area contributed by atoms with Crippen molar-refractivity contribution in [2.24, 2.45) is 5.92 Å². The lowest BCUT2D eigenvalue weighted by atomic mass is 10.1. The Morgan fingerprint density at radius 1 is 1.09 bits per heavy atom. The molecule has 0 saturated carbocycles. The number of amides is 1. The van der Waals surface area contributed by atoms with Crippen LogP contribution in [-0.2, 0) is 4.79 Å². The van der Waals surface area contributed by atoms with Crippen LogP contribution in [0.15, 0.2) is 53.3 Å². The zero-order valence-electron chi connectivity index (χ0n) is 20.7. The molecular formula is C27H34N4O3. The molecule has 7 heteroatoms. The molecule has 1 fully saturated rings. The first-order valence-electron chi connectivity index (χ1n) is 12.1. The molecule has 0 aliphatic carbocycles. The van der Waals surface area contributed by atoms with Gasteiger partial charge in [0, 0.05) is 31.6 Å². The molecule has 3 aromatic rings. The summed E-state index contributed by atoms with van der Waals surface area (Å²) >= 11 is 0. The van der Waals surface area contributed by atoms with Crippen LogP contribution in [-0.4, -0.2) is 57.5 Å². The maximum atomic E-state index is 13.6. The fourth-order valence-electron chi connectivity index (χ4n) is 4.70. The van der Waals surface area contributed by atoms with Gasteiger partial charge in [0.25, 0.3) is 5.56 Å². The third-order valence-electron chi connectivity index (χ3n) is 6.56. The number of carbonyl (C=O) groups is 1. The molecule has 0 N–H and O–H groups in total. The van der Waals surface area contributed by atoms with Crippen molar-refractivity contribution in [2.75, 3.05) is 26.2 Å². The molecule has 2 unspecified atom stereocenters. The molecule has 1 saturated heterocycles. The minimum Gasteiger partial charge on any atom is -0.494 e. The van der Waals surface area contributed by atoms with Gasteiger partial charge in [-0.05, 0) is 57.2 Å². The number of para-hydroxylation sites is 1. The first-order chi connectivity index (χ1) is 16.3. The van der Waals surface area contributed by atoms with Crippen LogP contribution in [0.2, 0.25) is 0 Å². The van der Waals surface area contributed by atoms with Gasteiger partial charge in [-0.3, -0.25) is 19.1 Å². The highest BCUT2D eigenvalue weighted by molar-refractivity contribution is 5.79. The number of rotatable bonds is 6. The third kappa shape index (κ3) is 4.57. The quantitative estimate of drug-likeness (QED) is 0.553. The van der Waals surface area contributed by atoms with Crippen LogP contribution in [0, 0.1) is 5.92 Å². The molecule has 2 atom stereocenters. The van der Waals surface area contributed by atoms with E-state index in [-0.39, 0.29) is 29.5 Å². The fourth-order valence-corrected chi connectivity index (χ4v) is 4.70. The van der Waals surface area contributed by atoms with E-state index in [2.05, 4.69) is 18.7 Å². The van der Waals surface area contributed by atoms with Gasteiger partial charge in [0.05, 0.1) is 29.2 Å². The Kier molecular flexibility index (Phi) is 7.03. The number of aromatic nitrogens is 2. The summed E-state index contributed by atoms with van der Waals surface area (Å²) in [5.74, 6) is 1.64. The van der Waals surface area contributed by atoms with E-state index >= 15 is 0 Å². The molecule has 1 amide bonds. The van der Waals surface area contributed by atoms with Crippen LogP contribution < -0.4 is 10.3 Å². The SMILES string of the molecule is CCOc1ccc(-n2c(C(C)N3CCN(C(=O)C(C)C)C(C)C3)nc3ccccc3c2=O)cc1. The zero-order chi connectivity index (χ0) is 24.4. The average Bonchev–Trinajstić information content (AvgIpc) is 2.84. The Morgan fingerprint density at radius 3 is 2.44 bits per heavy atom. The van der Waals surface area contributed by atoms with Crippen molar-refractivity contribution in [3.05, 3.63) is 64.7 Å². The molecule has 2 aromatic carbocycles. The minimum absolute atomic E-state index is 0.0154. The van der Waals surface area contributed by atoms with E-state index in [1.54, 1.807) is 4.57 Å². The van der Waals surface area contributed by atoms with Gasteiger partial charge in [-0.1, -0.05) is 26.0 Å². The average molecular weight is 463 g/mol. The van der Waals surface area contributed by atoms with Crippen molar-refractivity contribution in [3.8, 4) is 11.4 Å². The molecule has 2 heterocycles. The lowest BCUT2D eigenvalue weighted by Crippen LogP contribution is -2.55. The lowest BCUT2D eigenvalue weighted by Gasteiger charge is -2.43. The molecule has 34 heavy (non-hydrogen) atoms. The van der Waals surface area contributed by atoms with Gasteiger partial charge < -0.3 is 9.64 Å². The summed E-state index contributed by atoms with van der Waals surface area (Å²) < 4.78 is 7.31. The second-order valence-corrected chi connectivity index (χ2v) is 9.26. The molecule has 4 rings (SSSR count). The summed E-state index contributed by atoms with van der Waals surface area (Å²) in [6.45, 7) is 12.7. The highest BCUT2D eigenvalue weighted by atomic mass is 16.5. The fraction of sp³-hybridized carbons (Fsp3) is 0.444. The van der Waals surface area contributed by atoms with Crippen molar-refractivity contribution in [2.45, 2.75) is 46.7 Å². The van der Waals surface area contributed by atoms with Gasteiger partial charge in [-0.2, -0.15) is 0 Å². The van der Waals surface area contributed by atoms with E-state index in [1.807, 2.05) is 74.2 Å². The predicted octanol–water partition coefficient (Wildman–Crippen LogP) is 4.03. The maximum Gasteiger partial charge on any atom is 0.266 e. The van der Waals surface area contributed by atoms with Crippen LogP contribution >= 0.6 is 0 Å². The highest BCUT2D eigenvalue weighted by Crippen LogP contribution is 2.26. The van der Waals surface area contributed by atoms with Crippen molar-refractivity contribution in [1.29, 1.82) is 0 Å². The Labute approximate surface area is 201 Å². The molecular weight excluding hydrogens is 428 g/mol. The number of benzene rings is 2. The number of nitrogens with zero attached hydrogens (tertiary/aromatic N) is 4. The minimum atomic E-state index is -0.109. The van der Waals surface area contributed by atoms with Gasteiger partial charge in [0.2, 0.25) is 5.91 Å². The zero-order valence-corrected chi connectivity index (χ0v) is 20.7. The summed E-state index contributed by atoms with van der Waals surface area (Å²) in [6.07, 6.45) is 0. The van der Waals surface area contributed by atoms with E-state index in [1.165, 1.54) is 0 Å². The number of hydrogen-bond acceptors (Lipinski definition) is 5. The summed E-state index contributed by atoms with van der Waals surface area (Å²) in [7, 11) is 0. The molecule has 7 nitrogen and oxygen atoms in total. The second-order valence-electron chi connectivity index (χ2n) is 9.26. The van der Waals surface area contributed by atoms with Crippen LogP contribution in [0.1, 0.15) is 46.5 Å². The molecule has 1 aromatic heterocycles. The number of piperazine rings is 1. The normalized spacial score (nSPS) is 17.8. The van der Waals surface area contributed by atoms with E-state index in [4.69, 9.17) is 9.72 Å². The molecule has 0 bridgehead atoms. The monoisotopic (exact) mass is 462 g/mol. The van der Waals surface area contributed by atoms with Gasteiger partial charge >= 0.3 is 0 Å². The topological polar surface area (TPSA) is 67.7 Å². The Morgan fingerprint density at radius 2 is 1.79 bits per heavy atom. The summed E-state index contributed by atoms with van der Waals surface area (Å²) in [5, 5.41) is 0.591. The highest BCUT2D eigenvalue weighted by Gasteiger charge is 2.32. The number of hydrogen-bond donors (Lipinski definition) is 0. The van der Waals surface area contributed by atoms with Crippen LogP contribution in [0.5, 0.6) is 5.75 Å². The first kappa shape index (κ1) is 24.0. The standard InChI is InChI=1S/C27H34N4O3/c1-6-34-22-13-11-21(12-14-22)31-25(28-24-10-8-7-9-23(24)27(31)33)20(5)29-15-16-30(19(4)17-29)26(32)18(2)3/h7-14,18-20H,6,15-17H2,1-5H3. The van der Waals surface area contributed by atoms with Crippen LogP contribution in [0.25, 0.3) is 16.6 Å². The largest absolute Gasteiger partial charge is 0.494 e. The molecule has 1 aliphatic heterocycles. The van der Waals surface area contributed by atoms with Crippen molar-refractivity contribution >= 4 is 16.8 Å². The van der Waals surface area contributed by atoms with Crippen molar-refractivity contribution < 1.29 is 9.53 Å². The Hall–Kier alpha value is -3.19. The Balaban J connectivity index is 1.73. The van der Waals surface area contributed by atoms with Crippen molar-refractivity contribution in [1.82, 2.24) is 19.4 Å². The second kappa shape index (κ2) is 9.97. The smallest absolute Gasteiger partial charge is 0.266 e. The predicted molar refractivity (Wildman–Crippen MR) is 135 cm³/mol. The molecule has 0 radical (unpaired) electrons. The number of fused-ring (bicyclic) bond motifs is 1. The summed E-state index contributed by atoms with van der Waals surface area (Å²) in [4.78, 5) is 35.5. The van der Waals surface area contributed by atoms with Crippen molar-refractivity contribution in [3.63, 3.8) is 0 Å². The van der Waals surface area contributed by atoms with Gasteiger partial charge in [0.1, 0.15) is 11.6 Å². The summed E-state index contributed by atoms with van der Waals surface area (Å²) in [5.41, 5.74) is 1.37. The van der Waals surface area contributed by atoms with E-state index in [9.17, 15) is 9.59 Å². The maximum absolute atomic E-state index is 13.6. The van der Waals surface area contributed by atoms with Gasteiger partial charge in [-0.15, -0.1) is 0 Å². The van der Waals surface area contributed by atoms with Crippen LogP contribution in [0.4, 0.5) is 0 Å². The lowest BCUT2D eigenvalue weighted by molar-refractivity contribution is -0.139. The van der Waals surface area contributed by atoms with E-state index in [0.29, 0.717) is 29.9 Å². The van der Waals surface area contributed by atoms with E-state index < -0.39 is 0 Å². The van der Waals surface area contributed by atoms with Gasteiger partial charge in [0.15, 0.2) is 0 Å².